The molecule has 212 valence electrons. The van der Waals surface area contributed by atoms with E-state index in [9.17, 15) is 13.6 Å². The predicted molar refractivity (Wildman–Crippen MR) is 154 cm³/mol. The molecule has 2 unspecified atom stereocenters. The first-order chi connectivity index (χ1) is 18.4. The van der Waals surface area contributed by atoms with Gasteiger partial charge in [-0.15, -0.1) is 0 Å². The van der Waals surface area contributed by atoms with E-state index in [0.29, 0.717) is 36.8 Å². The minimum absolute atomic E-state index is 0.0490. The summed E-state index contributed by atoms with van der Waals surface area (Å²) in [5, 5.41) is 2.45. The Bertz CT molecular complexity index is 1220. The molecule has 5 nitrogen and oxygen atoms in total. The molecule has 8 heteroatoms. The molecule has 2 atom stereocenters. The lowest BCUT2D eigenvalue weighted by Gasteiger charge is -2.38. The Hall–Kier alpha value is -2.48. The molecule has 2 saturated heterocycles. The highest BCUT2D eigenvalue weighted by molar-refractivity contribution is 6.31. The molecule has 1 amide bonds. The summed E-state index contributed by atoms with van der Waals surface area (Å²) in [4.78, 5) is 18.1. The molecule has 0 aliphatic carbocycles. The van der Waals surface area contributed by atoms with E-state index >= 15 is 0 Å². The van der Waals surface area contributed by atoms with Gasteiger partial charge < -0.3 is 4.90 Å². The molecule has 0 spiro atoms. The van der Waals surface area contributed by atoms with Crippen molar-refractivity contribution in [3.63, 3.8) is 0 Å². The second kappa shape index (κ2) is 11.9. The number of hydrogen-bond donors (Lipinski definition) is 1. The lowest BCUT2D eigenvalue weighted by atomic mass is 9.86. The van der Waals surface area contributed by atoms with Crippen molar-refractivity contribution in [2.75, 3.05) is 31.2 Å². The van der Waals surface area contributed by atoms with E-state index in [1.54, 1.807) is 5.01 Å². The van der Waals surface area contributed by atoms with Crippen molar-refractivity contribution in [2.24, 2.45) is 17.7 Å². The van der Waals surface area contributed by atoms with Crippen LogP contribution in [0.15, 0.2) is 48.2 Å². The Morgan fingerprint density at radius 3 is 2.41 bits per heavy atom. The zero-order chi connectivity index (χ0) is 28.5. The Balaban J connectivity index is 1.50. The summed E-state index contributed by atoms with van der Waals surface area (Å²) < 4.78 is 28.5. The number of hydrogen-bond acceptors (Lipinski definition) is 4. The van der Waals surface area contributed by atoms with Crippen LogP contribution in [0.5, 0.6) is 0 Å². The molecule has 2 aliphatic rings. The van der Waals surface area contributed by atoms with E-state index < -0.39 is 11.6 Å². The number of anilines is 1. The lowest BCUT2D eigenvalue weighted by molar-refractivity contribution is -0.137. The number of amides is 1. The first-order valence-electron chi connectivity index (χ1n) is 13.9. The van der Waals surface area contributed by atoms with Crippen LogP contribution < -0.4 is 10.9 Å². The minimum atomic E-state index is -0.606. The van der Waals surface area contributed by atoms with Crippen LogP contribution in [0.3, 0.4) is 0 Å². The van der Waals surface area contributed by atoms with E-state index in [-0.39, 0.29) is 29.2 Å². The van der Waals surface area contributed by atoms with Crippen molar-refractivity contribution in [2.45, 2.75) is 65.3 Å². The number of carbonyl (C=O) groups is 1. The third kappa shape index (κ3) is 6.47. The predicted octanol–water partition coefficient (Wildman–Crippen LogP) is 6.65. The number of allylic oxidation sites excluding steroid dienone is 2. The number of aryl methyl sites for hydroxylation is 1. The Kier molecular flexibility index (Phi) is 9.04. The summed E-state index contributed by atoms with van der Waals surface area (Å²) in [6, 6.07) is 9.48. The highest BCUT2D eigenvalue weighted by Crippen LogP contribution is 2.39. The standard InChI is InChI=1S/C31H41ClF2N4O/c1-6-7-29(38(35)23-9-11-27(32)20(2)16-23)21-12-14-36(15-13-21)30(39)26-19-37(31(3,4)5)18-25(26)24-10-8-22(33)17-28(24)34/h7-11,16-17,21,25-26H,6,12-15,18-19,35H2,1-5H3. The topological polar surface area (TPSA) is 52.8 Å². The van der Waals surface area contributed by atoms with Crippen LogP contribution in [0.1, 0.15) is 64.0 Å². The molecule has 2 aromatic rings. The van der Waals surface area contributed by atoms with Crippen molar-refractivity contribution in [3.05, 3.63) is 76.0 Å². The minimum Gasteiger partial charge on any atom is -0.342 e. The molecule has 2 fully saturated rings. The van der Waals surface area contributed by atoms with E-state index in [0.717, 1.165) is 42.3 Å². The van der Waals surface area contributed by atoms with Gasteiger partial charge in [-0.1, -0.05) is 30.7 Å². The summed E-state index contributed by atoms with van der Waals surface area (Å²) >= 11 is 6.22. The summed E-state index contributed by atoms with van der Waals surface area (Å²) in [5.74, 6) is 4.98. The smallest absolute Gasteiger partial charge is 0.227 e. The number of piperidine rings is 1. The number of rotatable bonds is 6. The second-order valence-electron chi connectivity index (χ2n) is 11.9. The van der Waals surface area contributed by atoms with Crippen LogP contribution >= 0.6 is 11.6 Å². The van der Waals surface area contributed by atoms with Crippen LogP contribution in [0.2, 0.25) is 5.02 Å². The second-order valence-corrected chi connectivity index (χ2v) is 12.3. The third-order valence-corrected chi connectivity index (χ3v) is 8.71. The van der Waals surface area contributed by atoms with Crippen molar-refractivity contribution < 1.29 is 13.6 Å². The summed E-state index contributed by atoms with van der Waals surface area (Å²) in [6.07, 6.45) is 4.61. The van der Waals surface area contributed by atoms with Crippen molar-refractivity contribution in [1.29, 1.82) is 0 Å². The largest absolute Gasteiger partial charge is 0.342 e. The number of benzene rings is 2. The van der Waals surface area contributed by atoms with Crippen molar-refractivity contribution >= 4 is 23.2 Å². The molecule has 4 rings (SSSR count). The van der Waals surface area contributed by atoms with Gasteiger partial charge in [0.05, 0.1) is 11.6 Å². The fraction of sp³-hybridized carbons (Fsp3) is 0.516. The van der Waals surface area contributed by atoms with Gasteiger partial charge in [-0.2, -0.15) is 0 Å². The number of hydrazine groups is 1. The first kappa shape index (κ1) is 29.5. The molecule has 0 saturated carbocycles. The van der Waals surface area contributed by atoms with Gasteiger partial charge >= 0.3 is 0 Å². The summed E-state index contributed by atoms with van der Waals surface area (Å²) in [7, 11) is 0. The normalized spacial score (nSPS) is 21.5. The molecular formula is C31H41ClF2N4O. The average Bonchev–Trinajstić information content (AvgIpc) is 3.34. The fourth-order valence-electron chi connectivity index (χ4n) is 5.95. The maximum absolute atomic E-state index is 14.9. The van der Waals surface area contributed by atoms with E-state index in [2.05, 4.69) is 38.7 Å². The third-order valence-electron chi connectivity index (χ3n) is 8.28. The van der Waals surface area contributed by atoms with Crippen molar-refractivity contribution in [3.8, 4) is 0 Å². The van der Waals surface area contributed by atoms with Gasteiger partial charge in [0.2, 0.25) is 5.91 Å². The SMILES string of the molecule is CCC=C(C1CCN(C(=O)C2CN(C(C)(C)C)CC2c2ccc(F)cc2F)CC1)N(N)c1ccc(Cl)c(C)c1. The summed E-state index contributed by atoms with van der Waals surface area (Å²) in [6.45, 7) is 12.7. The lowest BCUT2D eigenvalue weighted by Crippen LogP contribution is -2.46. The van der Waals surface area contributed by atoms with Gasteiger partial charge in [0.1, 0.15) is 11.6 Å². The van der Waals surface area contributed by atoms with Crippen LogP contribution in [0, 0.1) is 30.4 Å². The Labute approximate surface area is 236 Å². The van der Waals surface area contributed by atoms with Crippen LogP contribution in [0.25, 0.3) is 0 Å². The number of nitrogens with two attached hydrogens (primary N) is 1. The van der Waals surface area contributed by atoms with Crippen LogP contribution in [-0.4, -0.2) is 47.4 Å². The van der Waals surface area contributed by atoms with E-state index in [1.165, 1.54) is 12.1 Å². The Morgan fingerprint density at radius 2 is 1.82 bits per heavy atom. The zero-order valence-electron chi connectivity index (χ0n) is 23.7. The Morgan fingerprint density at radius 1 is 1.13 bits per heavy atom. The molecule has 2 aliphatic heterocycles. The number of carbonyl (C=O) groups excluding carboxylic acids is 1. The molecular weight excluding hydrogens is 518 g/mol. The van der Waals surface area contributed by atoms with Gasteiger partial charge in [0.25, 0.3) is 0 Å². The maximum atomic E-state index is 14.9. The first-order valence-corrected chi connectivity index (χ1v) is 14.3. The highest BCUT2D eigenvalue weighted by Gasteiger charge is 2.45. The average molecular weight is 559 g/mol. The maximum Gasteiger partial charge on any atom is 0.227 e. The van der Waals surface area contributed by atoms with Gasteiger partial charge in [0.15, 0.2) is 0 Å². The zero-order valence-corrected chi connectivity index (χ0v) is 24.4. The molecule has 2 N–H and O–H groups in total. The van der Waals surface area contributed by atoms with E-state index in [1.807, 2.05) is 30.0 Å². The quantitative estimate of drug-likeness (QED) is 0.318. The van der Waals surface area contributed by atoms with Gasteiger partial charge in [0, 0.05) is 60.3 Å². The number of halogens is 3. The van der Waals surface area contributed by atoms with Gasteiger partial charge in [-0.3, -0.25) is 14.7 Å². The molecule has 0 aromatic heterocycles. The van der Waals surface area contributed by atoms with Gasteiger partial charge in [-0.25, -0.2) is 14.6 Å². The van der Waals surface area contributed by atoms with Crippen LogP contribution in [0.4, 0.5) is 14.5 Å². The number of likely N-dealkylation sites (tertiary alicyclic amines) is 2. The van der Waals surface area contributed by atoms with Gasteiger partial charge in [-0.05, 0) is 82.3 Å². The molecule has 2 aromatic carbocycles. The number of nitrogens with zero attached hydrogens (tertiary/aromatic N) is 3. The molecule has 0 bridgehead atoms. The summed E-state index contributed by atoms with van der Waals surface area (Å²) in [5.41, 5.74) is 3.15. The monoisotopic (exact) mass is 558 g/mol. The van der Waals surface area contributed by atoms with Crippen molar-refractivity contribution in [1.82, 2.24) is 9.80 Å². The molecule has 2 heterocycles. The fourth-order valence-corrected chi connectivity index (χ4v) is 6.07. The molecule has 0 radical (unpaired) electrons. The highest BCUT2D eigenvalue weighted by atomic mass is 35.5. The van der Waals surface area contributed by atoms with Crippen LogP contribution in [-0.2, 0) is 4.79 Å². The molecule has 39 heavy (non-hydrogen) atoms. The van der Waals surface area contributed by atoms with E-state index in [4.69, 9.17) is 17.4 Å².